The van der Waals surface area contributed by atoms with Crippen LogP contribution in [0.5, 0.6) is 0 Å². The van der Waals surface area contributed by atoms with Crippen molar-refractivity contribution in [3.05, 3.63) is 33.2 Å². The van der Waals surface area contributed by atoms with E-state index in [1.54, 1.807) is 0 Å². The highest BCUT2D eigenvalue weighted by molar-refractivity contribution is 5.87. The number of rotatable bonds is 7. The molecule has 1 amide bonds. The molecule has 1 N–H and O–H groups in total. The zero-order chi connectivity index (χ0) is 24.1. The first-order valence-corrected chi connectivity index (χ1v) is 9.07. The van der Waals surface area contributed by atoms with Gasteiger partial charge in [-0.2, -0.15) is 4.98 Å². The SMILES string of the molecule is CC(=O)Nc1ccn([C@@H]2O[C@@](COC(C)=O)(N=[N+]=[N-])[C@@H](OC(C)=O)[C@H]2OC(C)=O)c(=O)n1. The Hall–Kier alpha value is -3.97. The predicted octanol–water partition coefficient (Wildman–Crippen LogP) is 0.164. The fourth-order valence-corrected chi connectivity index (χ4v) is 2.98. The van der Waals surface area contributed by atoms with Crippen LogP contribution < -0.4 is 11.0 Å². The molecule has 0 bridgehead atoms. The van der Waals surface area contributed by atoms with Gasteiger partial charge in [0.15, 0.2) is 18.4 Å². The first-order chi connectivity index (χ1) is 15.0. The molecule has 15 nitrogen and oxygen atoms in total. The van der Waals surface area contributed by atoms with Gasteiger partial charge >= 0.3 is 23.6 Å². The Kier molecular flexibility index (Phi) is 7.51. The van der Waals surface area contributed by atoms with Gasteiger partial charge < -0.3 is 24.3 Å². The van der Waals surface area contributed by atoms with Crippen LogP contribution in [0, 0.1) is 0 Å². The predicted molar refractivity (Wildman–Crippen MR) is 103 cm³/mol. The number of ether oxygens (including phenoxy) is 4. The van der Waals surface area contributed by atoms with E-state index >= 15 is 0 Å². The summed E-state index contributed by atoms with van der Waals surface area (Å²) in [6, 6.07) is 1.26. The van der Waals surface area contributed by atoms with E-state index in [9.17, 15) is 24.0 Å². The van der Waals surface area contributed by atoms with Crippen molar-refractivity contribution in [2.24, 2.45) is 5.11 Å². The van der Waals surface area contributed by atoms with Gasteiger partial charge in [-0.1, -0.05) is 5.11 Å². The van der Waals surface area contributed by atoms with Gasteiger partial charge in [0.2, 0.25) is 11.6 Å². The number of azide groups is 1. The second-order valence-corrected chi connectivity index (χ2v) is 6.61. The number of carbonyl (C=O) groups excluding carboxylic acids is 4. The van der Waals surface area contributed by atoms with Crippen molar-refractivity contribution in [2.75, 3.05) is 11.9 Å². The molecule has 1 aliphatic heterocycles. The lowest BCUT2D eigenvalue weighted by molar-refractivity contribution is -0.176. The molecule has 1 fully saturated rings. The average Bonchev–Trinajstić information content (AvgIpc) is 2.93. The summed E-state index contributed by atoms with van der Waals surface area (Å²) in [5, 5.41) is 5.83. The Labute approximate surface area is 180 Å². The van der Waals surface area contributed by atoms with Crippen LogP contribution in [0.1, 0.15) is 33.9 Å². The molecule has 0 spiro atoms. The first-order valence-electron chi connectivity index (χ1n) is 9.07. The van der Waals surface area contributed by atoms with E-state index < -0.39 is 60.3 Å². The Balaban J connectivity index is 2.62. The maximum Gasteiger partial charge on any atom is 0.351 e. The van der Waals surface area contributed by atoms with Crippen molar-refractivity contribution in [2.45, 2.75) is 51.9 Å². The minimum atomic E-state index is -2.17. The normalized spacial score (nSPS) is 24.1. The number of amides is 1. The fourth-order valence-electron chi connectivity index (χ4n) is 2.98. The largest absolute Gasteiger partial charge is 0.462 e. The second-order valence-electron chi connectivity index (χ2n) is 6.61. The van der Waals surface area contributed by atoms with Crippen molar-refractivity contribution in [3.8, 4) is 0 Å². The van der Waals surface area contributed by atoms with Crippen LogP contribution in [-0.2, 0) is 38.1 Å². The quantitative estimate of drug-likeness (QED) is 0.195. The molecule has 0 radical (unpaired) electrons. The van der Waals surface area contributed by atoms with E-state index in [2.05, 4.69) is 20.3 Å². The number of esters is 3. The molecule has 0 aliphatic carbocycles. The summed E-state index contributed by atoms with van der Waals surface area (Å²) in [5.74, 6) is -2.99. The molecule has 0 aromatic carbocycles. The first kappa shape index (κ1) is 24.3. The summed E-state index contributed by atoms with van der Waals surface area (Å²) < 4.78 is 22.0. The van der Waals surface area contributed by atoms with Gasteiger partial charge in [-0.3, -0.25) is 23.7 Å². The summed E-state index contributed by atoms with van der Waals surface area (Å²) in [5.41, 5.74) is 5.96. The fraction of sp³-hybridized carbons (Fsp3) is 0.529. The van der Waals surface area contributed by atoms with Crippen molar-refractivity contribution in [1.29, 1.82) is 0 Å². The number of nitrogens with zero attached hydrogens (tertiary/aromatic N) is 5. The molecule has 15 heteroatoms. The van der Waals surface area contributed by atoms with Crippen LogP contribution in [0.2, 0.25) is 0 Å². The third kappa shape index (κ3) is 5.59. The molecule has 1 aromatic heterocycles. The highest BCUT2D eigenvalue weighted by atomic mass is 16.7. The van der Waals surface area contributed by atoms with Crippen molar-refractivity contribution in [3.63, 3.8) is 0 Å². The van der Waals surface area contributed by atoms with Gasteiger partial charge in [-0.15, -0.1) is 0 Å². The van der Waals surface area contributed by atoms with Gasteiger partial charge in [0.1, 0.15) is 12.4 Å². The topological polar surface area (TPSA) is 201 Å². The van der Waals surface area contributed by atoms with Gasteiger partial charge in [-0.25, -0.2) is 4.79 Å². The van der Waals surface area contributed by atoms with E-state index in [1.807, 2.05) is 0 Å². The summed E-state index contributed by atoms with van der Waals surface area (Å²) in [7, 11) is 0. The summed E-state index contributed by atoms with van der Waals surface area (Å²) >= 11 is 0. The monoisotopic (exact) mass is 452 g/mol. The van der Waals surface area contributed by atoms with Crippen molar-refractivity contribution in [1.82, 2.24) is 9.55 Å². The average molecular weight is 452 g/mol. The van der Waals surface area contributed by atoms with Crippen LogP contribution in [0.4, 0.5) is 5.82 Å². The summed E-state index contributed by atoms with van der Waals surface area (Å²) in [6.07, 6.45) is -3.42. The number of carbonyl (C=O) groups is 4. The molecule has 0 unspecified atom stereocenters. The maximum absolute atomic E-state index is 12.6. The Bertz CT molecular complexity index is 1030. The lowest BCUT2D eigenvalue weighted by Gasteiger charge is -2.29. The zero-order valence-corrected chi connectivity index (χ0v) is 17.5. The molecular weight excluding hydrogens is 432 g/mol. The molecule has 172 valence electrons. The van der Waals surface area contributed by atoms with E-state index in [-0.39, 0.29) is 5.82 Å². The number of nitrogens with one attached hydrogen (secondary N) is 1. The standard InChI is InChI=1S/C17H20N6O9/c1-8(24)19-12-5-6-23(16(28)20-12)15-13(30-10(3)26)14(31-11(4)27)17(32-15,21-22-18)7-29-9(2)25/h5-6,13-15H,7H2,1-4H3,(H,19,20,24,28)/t13-,14+,15-,17-/m1/s1. The highest BCUT2D eigenvalue weighted by Crippen LogP contribution is 2.42. The van der Waals surface area contributed by atoms with Crippen molar-refractivity contribution < 1.29 is 38.1 Å². The number of anilines is 1. The lowest BCUT2D eigenvalue weighted by Crippen LogP contribution is -2.49. The molecule has 1 aliphatic rings. The van der Waals surface area contributed by atoms with Crippen molar-refractivity contribution >= 4 is 29.6 Å². The lowest BCUT2D eigenvalue weighted by atomic mass is 10.0. The summed E-state index contributed by atoms with van der Waals surface area (Å²) in [6.45, 7) is 3.68. The van der Waals surface area contributed by atoms with Gasteiger partial charge in [0, 0.05) is 38.8 Å². The van der Waals surface area contributed by atoms with E-state index in [1.165, 1.54) is 19.2 Å². The third-order valence-electron chi connectivity index (χ3n) is 4.05. The van der Waals surface area contributed by atoms with Crippen LogP contribution in [0.15, 0.2) is 22.2 Å². The Morgan fingerprint density at radius 1 is 1.22 bits per heavy atom. The van der Waals surface area contributed by atoms with E-state index in [0.717, 1.165) is 25.3 Å². The number of aromatic nitrogens is 2. The molecule has 0 saturated carbocycles. The Morgan fingerprint density at radius 2 is 1.88 bits per heavy atom. The zero-order valence-electron chi connectivity index (χ0n) is 17.5. The number of hydrogen-bond donors (Lipinski definition) is 1. The minimum Gasteiger partial charge on any atom is -0.462 e. The van der Waals surface area contributed by atoms with E-state index in [0.29, 0.717) is 0 Å². The highest BCUT2D eigenvalue weighted by Gasteiger charge is 2.61. The molecule has 2 heterocycles. The smallest absolute Gasteiger partial charge is 0.351 e. The van der Waals surface area contributed by atoms with Crippen LogP contribution in [0.25, 0.3) is 10.4 Å². The van der Waals surface area contributed by atoms with Gasteiger partial charge in [0.25, 0.3) is 0 Å². The van der Waals surface area contributed by atoms with Crippen LogP contribution in [-0.4, -0.2) is 57.9 Å². The van der Waals surface area contributed by atoms with E-state index in [4.69, 9.17) is 24.5 Å². The molecule has 1 saturated heterocycles. The molecule has 4 atom stereocenters. The van der Waals surface area contributed by atoms with Gasteiger partial charge in [-0.05, 0) is 11.6 Å². The molecule has 2 rings (SSSR count). The van der Waals surface area contributed by atoms with Crippen LogP contribution in [0.3, 0.4) is 0 Å². The second kappa shape index (κ2) is 9.89. The minimum absolute atomic E-state index is 0.0569. The van der Waals surface area contributed by atoms with Gasteiger partial charge in [0.05, 0.1) is 0 Å². The maximum atomic E-state index is 12.6. The molecular formula is C17H20N6O9. The molecule has 32 heavy (non-hydrogen) atoms. The molecule has 1 aromatic rings. The Morgan fingerprint density at radius 3 is 2.38 bits per heavy atom. The number of hydrogen-bond acceptors (Lipinski definition) is 11. The summed E-state index contributed by atoms with van der Waals surface area (Å²) in [4.78, 5) is 65.0. The third-order valence-corrected chi connectivity index (χ3v) is 4.05. The van der Waals surface area contributed by atoms with Crippen LogP contribution >= 0.6 is 0 Å².